The SMILES string of the molecule is CCN1CCN(c2ccc(NS(C)(=O)=O)nn2)CC1. The van der Waals surface area contributed by atoms with Gasteiger partial charge in [-0.1, -0.05) is 6.92 Å². The first-order chi connectivity index (χ1) is 8.98. The second kappa shape index (κ2) is 5.70. The predicted molar refractivity (Wildman–Crippen MR) is 74.8 cm³/mol. The van der Waals surface area contributed by atoms with Crippen LogP contribution in [0.25, 0.3) is 0 Å². The third kappa shape index (κ3) is 4.03. The maximum atomic E-state index is 11.1. The van der Waals surface area contributed by atoms with Crippen molar-refractivity contribution in [1.82, 2.24) is 15.1 Å². The van der Waals surface area contributed by atoms with Crippen LogP contribution in [0.4, 0.5) is 11.6 Å². The molecule has 1 fully saturated rings. The van der Waals surface area contributed by atoms with Crippen molar-refractivity contribution in [2.45, 2.75) is 6.92 Å². The number of hydrogen-bond donors (Lipinski definition) is 1. The highest BCUT2D eigenvalue weighted by molar-refractivity contribution is 7.92. The van der Waals surface area contributed by atoms with E-state index in [9.17, 15) is 8.42 Å². The van der Waals surface area contributed by atoms with Crippen LogP contribution in [0.3, 0.4) is 0 Å². The average Bonchev–Trinajstić information content (AvgIpc) is 2.38. The summed E-state index contributed by atoms with van der Waals surface area (Å²) in [6, 6.07) is 3.43. The summed E-state index contributed by atoms with van der Waals surface area (Å²) in [5.74, 6) is 1.04. The molecular formula is C11H19N5O2S. The Hall–Kier alpha value is -1.41. The van der Waals surface area contributed by atoms with E-state index >= 15 is 0 Å². The molecule has 1 aromatic rings. The standard InChI is InChI=1S/C11H19N5O2S/c1-3-15-6-8-16(9-7-15)11-5-4-10(12-13-11)14-19(2,17)18/h4-5H,3,6-9H2,1-2H3,(H,12,14). The van der Waals surface area contributed by atoms with E-state index in [1.807, 2.05) is 0 Å². The Morgan fingerprint density at radius 1 is 1.21 bits per heavy atom. The lowest BCUT2D eigenvalue weighted by Gasteiger charge is -2.34. The van der Waals surface area contributed by atoms with Crippen molar-refractivity contribution in [3.05, 3.63) is 12.1 Å². The third-order valence-corrected chi connectivity index (χ3v) is 3.66. The van der Waals surface area contributed by atoms with Crippen LogP contribution >= 0.6 is 0 Å². The molecule has 0 radical (unpaired) electrons. The number of rotatable bonds is 4. The number of likely N-dealkylation sites (N-methyl/N-ethyl adjacent to an activating group) is 1. The largest absolute Gasteiger partial charge is 0.353 e. The lowest BCUT2D eigenvalue weighted by atomic mass is 10.3. The molecule has 0 amide bonds. The number of anilines is 2. The van der Waals surface area contributed by atoms with E-state index in [0.717, 1.165) is 44.8 Å². The summed E-state index contributed by atoms with van der Waals surface area (Å²) >= 11 is 0. The predicted octanol–water partition coefficient (Wildman–Crippen LogP) is -0.01000. The van der Waals surface area contributed by atoms with Crippen molar-refractivity contribution in [3.63, 3.8) is 0 Å². The van der Waals surface area contributed by atoms with Gasteiger partial charge in [-0.2, -0.15) is 0 Å². The van der Waals surface area contributed by atoms with Gasteiger partial charge in [0.2, 0.25) is 10.0 Å². The number of aromatic nitrogens is 2. The average molecular weight is 285 g/mol. The third-order valence-electron chi connectivity index (χ3n) is 3.08. The minimum atomic E-state index is -3.30. The van der Waals surface area contributed by atoms with Crippen molar-refractivity contribution in [2.75, 3.05) is 48.6 Å². The molecule has 1 saturated heterocycles. The van der Waals surface area contributed by atoms with E-state index in [2.05, 4.69) is 31.6 Å². The molecule has 7 nitrogen and oxygen atoms in total. The monoisotopic (exact) mass is 285 g/mol. The minimum Gasteiger partial charge on any atom is -0.353 e. The molecule has 0 bridgehead atoms. The Balaban J connectivity index is 1.99. The summed E-state index contributed by atoms with van der Waals surface area (Å²) < 4.78 is 24.4. The van der Waals surface area contributed by atoms with Crippen LogP contribution in [-0.2, 0) is 10.0 Å². The van der Waals surface area contributed by atoms with Gasteiger partial charge in [0.25, 0.3) is 0 Å². The zero-order valence-electron chi connectivity index (χ0n) is 11.2. The van der Waals surface area contributed by atoms with Crippen LogP contribution in [0.1, 0.15) is 6.92 Å². The number of piperazine rings is 1. The summed E-state index contributed by atoms with van der Waals surface area (Å²) in [6.45, 7) is 7.09. The van der Waals surface area contributed by atoms with Crippen molar-refractivity contribution < 1.29 is 8.42 Å². The van der Waals surface area contributed by atoms with E-state index in [0.29, 0.717) is 0 Å². The van der Waals surface area contributed by atoms with Crippen LogP contribution < -0.4 is 9.62 Å². The van der Waals surface area contributed by atoms with Crippen LogP contribution in [0.15, 0.2) is 12.1 Å². The fourth-order valence-electron chi connectivity index (χ4n) is 2.03. The van der Waals surface area contributed by atoms with Crippen LogP contribution in [0.2, 0.25) is 0 Å². The van der Waals surface area contributed by atoms with Crippen molar-refractivity contribution in [1.29, 1.82) is 0 Å². The highest BCUT2D eigenvalue weighted by Crippen LogP contribution is 2.14. The number of nitrogens with one attached hydrogen (secondary N) is 1. The van der Waals surface area contributed by atoms with Gasteiger partial charge < -0.3 is 9.80 Å². The number of hydrogen-bond acceptors (Lipinski definition) is 6. The van der Waals surface area contributed by atoms with Gasteiger partial charge in [-0.25, -0.2) is 8.42 Å². The Morgan fingerprint density at radius 2 is 1.89 bits per heavy atom. The quantitative estimate of drug-likeness (QED) is 0.838. The second-order valence-corrected chi connectivity index (χ2v) is 6.32. The van der Waals surface area contributed by atoms with Gasteiger partial charge in [0.15, 0.2) is 11.6 Å². The first-order valence-electron chi connectivity index (χ1n) is 6.27. The molecule has 0 unspecified atom stereocenters. The van der Waals surface area contributed by atoms with E-state index in [1.165, 1.54) is 0 Å². The Labute approximate surface area is 113 Å². The summed E-state index contributed by atoms with van der Waals surface area (Å²) in [6.07, 6.45) is 1.09. The van der Waals surface area contributed by atoms with Crippen LogP contribution in [0, 0.1) is 0 Å². The van der Waals surface area contributed by atoms with E-state index < -0.39 is 10.0 Å². The van der Waals surface area contributed by atoms with Crippen molar-refractivity contribution >= 4 is 21.7 Å². The minimum absolute atomic E-state index is 0.249. The van der Waals surface area contributed by atoms with Gasteiger partial charge in [0.05, 0.1) is 6.26 Å². The molecule has 1 N–H and O–H groups in total. The summed E-state index contributed by atoms with van der Waals surface area (Å²) in [4.78, 5) is 4.53. The van der Waals surface area contributed by atoms with Crippen LogP contribution in [0.5, 0.6) is 0 Å². The zero-order chi connectivity index (χ0) is 13.9. The first kappa shape index (κ1) is 14.0. The lowest BCUT2D eigenvalue weighted by molar-refractivity contribution is 0.270. The Bertz CT molecular complexity index is 508. The molecular weight excluding hydrogens is 266 g/mol. The molecule has 0 atom stereocenters. The van der Waals surface area contributed by atoms with Gasteiger partial charge in [-0.05, 0) is 18.7 Å². The molecule has 1 aliphatic heterocycles. The first-order valence-corrected chi connectivity index (χ1v) is 8.16. The van der Waals surface area contributed by atoms with Crippen molar-refractivity contribution in [3.8, 4) is 0 Å². The zero-order valence-corrected chi connectivity index (χ0v) is 12.0. The van der Waals surface area contributed by atoms with Crippen LogP contribution in [-0.4, -0.2) is 62.5 Å². The molecule has 0 saturated carbocycles. The molecule has 0 spiro atoms. The van der Waals surface area contributed by atoms with Gasteiger partial charge >= 0.3 is 0 Å². The normalized spacial score (nSPS) is 17.5. The van der Waals surface area contributed by atoms with Crippen molar-refractivity contribution in [2.24, 2.45) is 0 Å². The molecule has 1 aromatic heterocycles. The highest BCUT2D eigenvalue weighted by atomic mass is 32.2. The molecule has 2 rings (SSSR count). The van der Waals surface area contributed by atoms with Gasteiger partial charge in [-0.15, -0.1) is 10.2 Å². The van der Waals surface area contributed by atoms with E-state index in [4.69, 9.17) is 0 Å². The molecule has 19 heavy (non-hydrogen) atoms. The summed E-state index contributed by atoms with van der Waals surface area (Å²) in [7, 11) is -3.30. The summed E-state index contributed by atoms with van der Waals surface area (Å²) in [5.41, 5.74) is 0. The van der Waals surface area contributed by atoms with E-state index in [1.54, 1.807) is 12.1 Å². The smallest absolute Gasteiger partial charge is 0.231 e. The summed E-state index contributed by atoms with van der Waals surface area (Å²) in [5, 5.41) is 7.95. The van der Waals surface area contributed by atoms with Gasteiger partial charge in [0.1, 0.15) is 0 Å². The fourth-order valence-corrected chi connectivity index (χ4v) is 2.52. The fraction of sp³-hybridized carbons (Fsp3) is 0.636. The molecule has 106 valence electrons. The molecule has 0 aliphatic carbocycles. The number of sulfonamides is 1. The van der Waals surface area contributed by atoms with E-state index in [-0.39, 0.29) is 5.82 Å². The molecule has 0 aromatic carbocycles. The maximum absolute atomic E-state index is 11.1. The lowest BCUT2D eigenvalue weighted by Crippen LogP contribution is -2.46. The molecule has 1 aliphatic rings. The van der Waals surface area contributed by atoms with Gasteiger partial charge in [-0.3, -0.25) is 4.72 Å². The Kier molecular flexibility index (Phi) is 4.20. The number of nitrogens with zero attached hydrogens (tertiary/aromatic N) is 4. The molecule has 8 heteroatoms. The van der Waals surface area contributed by atoms with Gasteiger partial charge in [0, 0.05) is 26.2 Å². The second-order valence-electron chi connectivity index (χ2n) is 4.57. The Morgan fingerprint density at radius 3 is 2.37 bits per heavy atom. The molecule has 2 heterocycles. The highest BCUT2D eigenvalue weighted by Gasteiger charge is 2.17. The maximum Gasteiger partial charge on any atom is 0.231 e. The topological polar surface area (TPSA) is 78.4 Å².